The van der Waals surface area contributed by atoms with E-state index in [0.29, 0.717) is 4.90 Å². The van der Waals surface area contributed by atoms with Gasteiger partial charge in [-0.05, 0) is 12.2 Å². The maximum absolute atomic E-state index is 10.8. The Hall–Kier alpha value is -2.24. The van der Waals surface area contributed by atoms with Gasteiger partial charge in [-0.25, -0.2) is 4.90 Å². The molecule has 0 aromatic rings. The Kier molecular flexibility index (Phi) is 9.11. The maximum Gasteiger partial charge on any atom is 0.259 e. The lowest BCUT2D eigenvalue weighted by atomic mass is 10.4. The summed E-state index contributed by atoms with van der Waals surface area (Å²) in [6.07, 6.45) is 2.14. The lowest BCUT2D eigenvalue weighted by molar-refractivity contribution is -0.149. The standard InChI is InChI=1S/C7H9NO3.C4H7NO/c1-4-7(11)8(5(2)9)6(3)10;1-3-4(6)5-2/h4H,1H2,2-3H3;3H,1H2,2H3,(H,5,6). The summed E-state index contributed by atoms with van der Waals surface area (Å²) in [4.78, 5) is 42.5. The van der Waals surface area contributed by atoms with E-state index in [0.717, 1.165) is 19.9 Å². The van der Waals surface area contributed by atoms with E-state index in [1.165, 1.54) is 6.08 Å². The van der Waals surface area contributed by atoms with Crippen LogP contribution in [0.3, 0.4) is 0 Å². The largest absolute Gasteiger partial charge is 0.356 e. The maximum atomic E-state index is 10.8. The molecule has 17 heavy (non-hydrogen) atoms. The quantitative estimate of drug-likeness (QED) is 0.689. The molecule has 0 radical (unpaired) electrons. The van der Waals surface area contributed by atoms with E-state index in [9.17, 15) is 19.2 Å². The highest BCUT2D eigenvalue weighted by atomic mass is 16.2. The summed E-state index contributed by atoms with van der Waals surface area (Å²) < 4.78 is 0. The number of carbonyl (C=O) groups excluding carboxylic acids is 4. The normalized spacial score (nSPS) is 7.94. The van der Waals surface area contributed by atoms with Gasteiger partial charge in [-0.1, -0.05) is 13.2 Å². The fraction of sp³-hybridized carbons (Fsp3) is 0.273. The first-order valence-electron chi connectivity index (χ1n) is 4.63. The molecule has 1 N–H and O–H groups in total. The van der Waals surface area contributed by atoms with Gasteiger partial charge in [-0.3, -0.25) is 19.2 Å². The number of hydrogen-bond donors (Lipinski definition) is 1. The second kappa shape index (κ2) is 9.02. The van der Waals surface area contributed by atoms with E-state index in [2.05, 4.69) is 18.5 Å². The zero-order chi connectivity index (χ0) is 14.0. The molecule has 0 bridgehead atoms. The predicted molar refractivity (Wildman–Crippen MR) is 62.7 cm³/mol. The van der Waals surface area contributed by atoms with E-state index < -0.39 is 17.7 Å². The Balaban J connectivity index is 0. The van der Waals surface area contributed by atoms with E-state index in [1.54, 1.807) is 7.05 Å². The molecule has 0 spiro atoms. The summed E-state index contributed by atoms with van der Waals surface area (Å²) in [5.74, 6) is -2.02. The number of rotatable bonds is 2. The van der Waals surface area contributed by atoms with Crippen LogP contribution in [0.2, 0.25) is 0 Å². The summed E-state index contributed by atoms with van der Waals surface area (Å²) >= 11 is 0. The SMILES string of the molecule is C=CC(=O)N(C(C)=O)C(C)=O.C=CC(=O)NC. The summed E-state index contributed by atoms with van der Waals surface area (Å²) in [5, 5.41) is 2.36. The molecule has 0 aromatic heterocycles. The van der Waals surface area contributed by atoms with Crippen LogP contribution in [0, 0.1) is 0 Å². The summed E-state index contributed by atoms with van der Waals surface area (Å²) in [6.45, 7) is 8.65. The molecule has 0 atom stereocenters. The lowest BCUT2D eigenvalue weighted by Crippen LogP contribution is -2.37. The number of carbonyl (C=O) groups is 4. The molecule has 0 rings (SSSR count). The minimum Gasteiger partial charge on any atom is -0.356 e. The highest BCUT2D eigenvalue weighted by molar-refractivity contribution is 6.12. The molecule has 6 nitrogen and oxygen atoms in total. The summed E-state index contributed by atoms with van der Waals surface area (Å²) in [6, 6.07) is 0. The Labute approximate surface area is 100.0 Å². The molecule has 0 saturated heterocycles. The van der Waals surface area contributed by atoms with Gasteiger partial charge in [-0.2, -0.15) is 0 Å². The topological polar surface area (TPSA) is 83.6 Å². The molecule has 0 aliphatic rings. The molecule has 0 aliphatic heterocycles. The average Bonchev–Trinajstić information content (AvgIpc) is 2.27. The zero-order valence-corrected chi connectivity index (χ0v) is 10.1. The number of imide groups is 3. The van der Waals surface area contributed by atoms with Gasteiger partial charge in [0.05, 0.1) is 0 Å². The second-order valence-electron chi connectivity index (χ2n) is 2.73. The van der Waals surface area contributed by atoms with Crippen molar-refractivity contribution in [2.24, 2.45) is 0 Å². The van der Waals surface area contributed by atoms with Gasteiger partial charge in [0.15, 0.2) is 0 Å². The Morgan fingerprint density at radius 2 is 1.41 bits per heavy atom. The van der Waals surface area contributed by atoms with Gasteiger partial charge >= 0.3 is 0 Å². The minimum absolute atomic E-state index is 0.144. The van der Waals surface area contributed by atoms with E-state index >= 15 is 0 Å². The highest BCUT2D eigenvalue weighted by Crippen LogP contribution is 1.92. The number of amides is 4. The average molecular weight is 240 g/mol. The Bertz CT molecular complexity index is 333. The van der Waals surface area contributed by atoms with Crippen LogP contribution in [0.1, 0.15) is 13.8 Å². The zero-order valence-electron chi connectivity index (χ0n) is 10.1. The molecule has 0 aliphatic carbocycles. The predicted octanol–water partition coefficient (Wildman–Crippen LogP) is 0.0124. The molecule has 6 heteroatoms. The van der Waals surface area contributed by atoms with E-state index in [-0.39, 0.29) is 5.91 Å². The highest BCUT2D eigenvalue weighted by Gasteiger charge is 2.18. The van der Waals surface area contributed by atoms with Gasteiger partial charge in [-0.15, -0.1) is 0 Å². The number of nitrogens with one attached hydrogen (secondary N) is 1. The van der Waals surface area contributed by atoms with Crippen molar-refractivity contribution in [2.75, 3.05) is 7.05 Å². The molecule has 94 valence electrons. The first-order valence-corrected chi connectivity index (χ1v) is 4.63. The summed E-state index contributed by atoms with van der Waals surface area (Å²) in [7, 11) is 1.56. The van der Waals surface area contributed by atoms with Crippen molar-refractivity contribution in [3.05, 3.63) is 25.3 Å². The number of nitrogens with zero attached hydrogens (tertiary/aromatic N) is 1. The van der Waals surface area contributed by atoms with Crippen LogP contribution in [0.15, 0.2) is 25.3 Å². The molecule has 4 amide bonds. The first-order chi connectivity index (χ1) is 7.81. The van der Waals surface area contributed by atoms with Crippen molar-refractivity contribution in [2.45, 2.75) is 13.8 Å². The Morgan fingerprint density at radius 1 is 1.00 bits per heavy atom. The van der Waals surface area contributed by atoms with Crippen molar-refractivity contribution in [3.8, 4) is 0 Å². The van der Waals surface area contributed by atoms with Gasteiger partial charge in [0, 0.05) is 20.9 Å². The Morgan fingerprint density at radius 3 is 1.47 bits per heavy atom. The molecule has 0 fully saturated rings. The van der Waals surface area contributed by atoms with Gasteiger partial charge in [0.1, 0.15) is 0 Å². The van der Waals surface area contributed by atoms with Gasteiger partial charge in [0.2, 0.25) is 17.7 Å². The third kappa shape index (κ3) is 7.66. The van der Waals surface area contributed by atoms with Crippen molar-refractivity contribution in [1.82, 2.24) is 10.2 Å². The number of hydrogen-bond acceptors (Lipinski definition) is 4. The minimum atomic E-state index is -0.690. The van der Waals surface area contributed by atoms with Crippen LogP contribution >= 0.6 is 0 Å². The van der Waals surface area contributed by atoms with Crippen molar-refractivity contribution in [1.29, 1.82) is 0 Å². The van der Waals surface area contributed by atoms with Crippen LogP contribution in [-0.4, -0.2) is 35.6 Å². The third-order valence-corrected chi connectivity index (χ3v) is 1.46. The van der Waals surface area contributed by atoms with Crippen LogP contribution in [0.5, 0.6) is 0 Å². The van der Waals surface area contributed by atoms with Crippen LogP contribution in [0.25, 0.3) is 0 Å². The van der Waals surface area contributed by atoms with Gasteiger partial charge < -0.3 is 5.32 Å². The molecule has 0 unspecified atom stereocenters. The fourth-order valence-corrected chi connectivity index (χ4v) is 0.725. The summed E-state index contributed by atoms with van der Waals surface area (Å²) in [5.41, 5.74) is 0. The molecular weight excluding hydrogens is 224 g/mol. The van der Waals surface area contributed by atoms with Crippen LogP contribution < -0.4 is 5.32 Å². The van der Waals surface area contributed by atoms with Crippen molar-refractivity contribution < 1.29 is 19.2 Å². The van der Waals surface area contributed by atoms with Crippen LogP contribution in [0.4, 0.5) is 0 Å². The molecular formula is C11H16N2O4. The van der Waals surface area contributed by atoms with Crippen LogP contribution in [-0.2, 0) is 19.2 Å². The number of likely N-dealkylation sites (N-methyl/N-ethyl adjacent to an activating group) is 1. The lowest BCUT2D eigenvalue weighted by Gasteiger charge is -2.11. The monoisotopic (exact) mass is 240 g/mol. The van der Waals surface area contributed by atoms with E-state index in [4.69, 9.17) is 0 Å². The first kappa shape index (κ1) is 17.2. The van der Waals surface area contributed by atoms with Gasteiger partial charge in [0.25, 0.3) is 5.91 Å². The molecule has 0 aromatic carbocycles. The van der Waals surface area contributed by atoms with Crippen molar-refractivity contribution in [3.63, 3.8) is 0 Å². The second-order valence-corrected chi connectivity index (χ2v) is 2.73. The van der Waals surface area contributed by atoms with E-state index in [1.807, 2.05) is 0 Å². The third-order valence-electron chi connectivity index (χ3n) is 1.46. The molecule has 0 heterocycles. The smallest absolute Gasteiger partial charge is 0.259 e. The van der Waals surface area contributed by atoms with Crippen molar-refractivity contribution >= 4 is 23.6 Å². The fourth-order valence-electron chi connectivity index (χ4n) is 0.725. The molecule has 0 saturated carbocycles.